The van der Waals surface area contributed by atoms with Crippen molar-refractivity contribution in [1.82, 2.24) is 0 Å². The number of carbonyl (C=O) groups is 1. The molecule has 0 aliphatic carbocycles. The van der Waals surface area contributed by atoms with E-state index in [-0.39, 0.29) is 11.3 Å². The zero-order valence-corrected chi connectivity index (χ0v) is 9.50. The van der Waals surface area contributed by atoms with Gasteiger partial charge in [-0.2, -0.15) is 0 Å². The molecule has 1 rings (SSSR count). The van der Waals surface area contributed by atoms with Gasteiger partial charge in [0.25, 0.3) is 5.91 Å². The highest BCUT2D eigenvalue weighted by atomic mass is 16.1. The summed E-state index contributed by atoms with van der Waals surface area (Å²) < 4.78 is 0. The minimum absolute atomic E-state index is 0.117. The van der Waals surface area contributed by atoms with Gasteiger partial charge in [0.2, 0.25) is 0 Å². The Morgan fingerprint density at radius 1 is 1.20 bits per heavy atom. The topological polar surface area (TPSA) is 29.1 Å². The van der Waals surface area contributed by atoms with Gasteiger partial charge in [-0.15, -0.1) is 0 Å². The first-order chi connectivity index (χ1) is 6.91. The molecule has 0 spiro atoms. The van der Waals surface area contributed by atoms with E-state index in [1.165, 1.54) is 0 Å². The van der Waals surface area contributed by atoms with E-state index in [2.05, 4.69) is 11.9 Å². The van der Waals surface area contributed by atoms with Gasteiger partial charge >= 0.3 is 0 Å². The van der Waals surface area contributed by atoms with Gasteiger partial charge in [-0.1, -0.05) is 45.5 Å². The largest absolute Gasteiger partial charge is 0.322 e. The van der Waals surface area contributed by atoms with Crippen LogP contribution in [0.3, 0.4) is 0 Å². The second kappa shape index (κ2) is 4.30. The summed E-state index contributed by atoms with van der Waals surface area (Å²) >= 11 is 0. The molecule has 0 aromatic heterocycles. The molecule has 15 heavy (non-hydrogen) atoms. The Hall–Kier alpha value is -1.57. The standard InChI is InChI=1S/C13H17NO/c1-10(13(2,3)4)12(15)14-11-8-6-5-7-9-11/h5-9H,1H2,2-4H3,(H,14,15). The summed E-state index contributed by atoms with van der Waals surface area (Å²) in [6.45, 7) is 9.73. The molecule has 0 fully saturated rings. The quantitative estimate of drug-likeness (QED) is 0.734. The summed E-state index contributed by atoms with van der Waals surface area (Å²) in [4.78, 5) is 11.7. The van der Waals surface area contributed by atoms with E-state index < -0.39 is 0 Å². The fourth-order valence-corrected chi connectivity index (χ4v) is 1.07. The van der Waals surface area contributed by atoms with Crippen molar-refractivity contribution in [1.29, 1.82) is 0 Å². The van der Waals surface area contributed by atoms with Crippen LogP contribution in [0.2, 0.25) is 0 Å². The van der Waals surface area contributed by atoms with Crippen LogP contribution in [0.5, 0.6) is 0 Å². The lowest BCUT2D eigenvalue weighted by Gasteiger charge is -2.20. The van der Waals surface area contributed by atoms with Gasteiger partial charge in [0.15, 0.2) is 0 Å². The fraction of sp³-hybridized carbons (Fsp3) is 0.308. The molecule has 0 aliphatic heterocycles. The molecule has 2 heteroatoms. The van der Waals surface area contributed by atoms with Crippen LogP contribution >= 0.6 is 0 Å². The number of amides is 1. The first-order valence-corrected chi connectivity index (χ1v) is 4.97. The molecule has 0 radical (unpaired) electrons. The third-order valence-electron chi connectivity index (χ3n) is 2.21. The van der Waals surface area contributed by atoms with Crippen LogP contribution in [0.25, 0.3) is 0 Å². The summed E-state index contributed by atoms with van der Waals surface area (Å²) in [6, 6.07) is 9.39. The number of carbonyl (C=O) groups excluding carboxylic acids is 1. The lowest BCUT2D eigenvalue weighted by atomic mass is 9.87. The molecule has 2 nitrogen and oxygen atoms in total. The highest BCUT2D eigenvalue weighted by Crippen LogP contribution is 2.24. The average molecular weight is 203 g/mol. The molecule has 1 N–H and O–H groups in total. The van der Waals surface area contributed by atoms with Crippen LogP contribution in [0, 0.1) is 5.41 Å². The Labute approximate surface area is 91.0 Å². The van der Waals surface area contributed by atoms with Crippen molar-refractivity contribution < 1.29 is 4.79 Å². The maximum atomic E-state index is 11.7. The van der Waals surface area contributed by atoms with Crippen molar-refractivity contribution >= 4 is 11.6 Å². The summed E-state index contributed by atoms with van der Waals surface area (Å²) in [5.41, 5.74) is 1.19. The van der Waals surface area contributed by atoms with Crippen LogP contribution in [0.1, 0.15) is 20.8 Å². The highest BCUT2D eigenvalue weighted by molar-refractivity contribution is 6.04. The van der Waals surface area contributed by atoms with Crippen LogP contribution in [0.15, 0.2) is 42.5 Å². The second-order valence-electron chi connectivity index (χ2n) is 4.55. The molecule has 0 aliphatic rings. The molecule has 0 heterocycles. The van der Waals surface area contributed by atoms with E-state index in [0.717, 1.165) is 5.69 Å². The molecule has 0 unspecified atom stereocenters. The summed E-state index contributed by atoms with van der Waals surface area (Å²) in [6.07, 6.45) is 0. The van der Waals surface area contributed by atoms with E-state index in [4.69, 9.17) is 0 Å². The van der Waals surface area contributed by atoms with Gasteiger partial charge < -0.3 is 5.32 Å². The number of rotatable bonds is 2. The number of benzene rings is 1. The molecule has 0 atom stereocenters. The van der Waals surface area contributed by atoms with Crippen molar-refractivity contribution in [2.75, 3.05) is 5.32 Å². The zero-order valence-electron chi connectivity index (χ0n) is 9.50. The predicted molar refractivity (Wildman–Crippen MR) is 63.7 cm³/mol. The highest BCUT2D eigenvalue weighted by Gasteiger charge is 2.21. The van der Waals surface area contributed by atoms with Crippen LogP contribution in [-0.2, 0) is 4.79 Å². The number of anilines is 1. The SMILES string of the molecule is C=C(C(=O)Nc1ccccc1)C(C)(C)C. The fourth-order valence-electron chi connectivity index (χ4n) is 1.07. The minimum atomic E-state index is -0.196. The zero-order chi connectivity index (χ0) is 11.5. The third kappa shape index (κ3) is 3.24. The monoisotopic (exact) mass is 203 g/mol. The normalized spacial score (nSPS) is 10.9. The van der Waals surface area contributed by atoms with Gasteiger partial charge in [-0.05, 0) is 17.5 Å². The Morgan fingerprint density at radius 3 is 2.20 bits per heavy atom. The number of para-hydroxylation sites is 1. The predicted octanol–water partition coefficient (Wildman–Crippen LogP) is 3.23. The molecule has 0 saturated heterocycles. The summed E-state index contributed by atoms with van der Waals surface area (Å²) in [5, 5.41) is 2.81. The van der Waals surface area contributed by atoms with Crippen LogP contribution < -0.4 is 5.32 Å². The van der Waals surface area contributed by atoms with Crippen molar-refractivity contribution in [2.24, 2.45) is 5.41 Å². The minimum Gasteiger partial charge on any atom is -0.322 e. The van der Waals surface area contributed by atoms with E-state index in [0.29, 0.717) is 5.57 Å². The summed E-state index contributed by atoms with van der Waals surface area (Å²) in [5.74, 6) is -0.117. The number of nitrogens with one attached hydrogen (secondary N) is 1. The molecule has 1 aromatic rings. The molecular formula is C13H17NO. The molecule has 0 saturated carbocycles. The molecule has 1 aromatic carbocycles. The van der Waals surface area contributed by atoms with Gasteiger partial charge in [0.1, 0.15) is 0 Å². The Morgan fingerprint density at radius 2 is 1.73 bits per heavy atom. The third-order valence-corrected chi connectivity index (χ3v) is 2.21. The van der Waals surface area contributed by atoms with Gasteiger partial charge in [0.05, 0.1) is 0 Å². The number of hydrogen-bond donors (Lipinski definition) is 1. The van der Waals surface area contributed by atoms with E-state index in [1.54, 1.807) is 0 Å². The maximum Gasteiger partial charge on any atom is 0.251 e. The van der Waals surface area contributed by atoms with Crippen molar-refractivity contribution in [2.45, 2.75) is 20.8 Å². The Bertz CT molecular complexity index is 360. The first kappa shape index (κ1) is 11.5. The lowest BCUT2D eigenvalue weighted by molar-refractivity contribution is -0.113. The average Bonchev–Trinajstić information content (AvgIpc) is 2.16. The summed E-state index contributed by atoms with van der Waals surface area (Å²) in [7, 11) is 0. The van der Waals surface area contributed by atoms with Gasteiger partial charge in [-0.25, -0.2) is 0 Å². The molecule has 0 bridgehead atoms. The van der Waals surface area contributed by atoms with E-state index >= 15 is 0 Å². The van der Waals surface area contributed by atoms with Crippen LogP contribution in [-0.4, -0.2) is 5.91 Å². The van der Waals surface area contributed by atoms with E-state index in [1.807, 2.05) is 51.1 Å². The Kier molecular flexibility index (Phi) is 3.30. The molecule has 80 valence electrons. The first-order valence-electron chi connectivity index (χ1n) is 4.97. The number of hydrogen-bond acceptors (Lipinski definition) is 1. The smallest absolute Gasteiger partial charge is 0.251 e. The van der Waals surface area contributed by atoms with Crippen LogP contribution in [0.4, 0.5) is 5.69 Å². The molecule has 1 amide bonds. The van der Waals surface area contributed by atoms with Crippen molar-refractivity contribution in [3.63, 3.8) is 0 Å². The maximum absolute atomic E-state index is 11.7. The van der Waals surface area contributed by atoms with E-state index in [9.17, 15) is 4.79 Å². The second-order valence-corrected chi connectivity index (χ2v) is 4.55. The molecular weight excluding hydrogens is 186 g/mol. The van der Waals surface area contributed by atoms with Gasteiger partial charge in [0, 0.05) is 11.3 Å². The Balaban J connectivity index is 2.69. The van der Waals surface area contributed by atoms with Crippen molar-refractivity contribution in [3.8, 4) is 0 Å². The lowest BCUT2D eigenvalue weighted by Crippen LogP contribution is -2.23. The van der Waals surface area contributed by atoms with Crippen molar-refractivity contribution in [3.05, 3.63) is 42.5 Å². The van der Waals surface area contributed by atoms with Gasteiger partial charge in [-0.3, -0.25) is 4.79 Å².